The van der Waals surface area contributed by atoms with Crippen molar-refractivity contribution in [3.05, 3.63) is 23.9 Å². The maximum Gasteiger partial charge on any atom is 0.341 e. The molecule has 0 aliphatic carbocycles. The van der Waals surface area contributed by atoms with E-state index in [0.29, 0.717) is 31.0 Å². The first-order chi connectivity index (χ1) is 9.53. The smallest absolute Gasteiger partial charge is 0.341 e. The first kappa shape index (κ1) is 14.8. The van der Waals surface area contributed by atoms with Crippen LogP contribution in [0, 0.1) is 0 Å². The van der Waals surface area contributed by atoms with Crippen LogP contribution in [0.1, 0.15) is 43.5 Å². The Hall–Kier alpha value is -1.62. The molecule has 1 aliphatic heterocycles. The summed E-state index contributed by atoms with van der Waals surface area (Å²) in [4.78, 5) is 18.4. The molecule has 1 fully saturated rings. The summed E-state index contributed by atoms with van der Waals surface area (Å²) in [6.07, 6.45) is 4.00. The molecule has 5 nitrogen and oxygen atoms in total. The topological polar surface area (TPSA) is 62.7 Å². The van der Waals surface area contributed by atoms with Crippen molar-refractivity contribution < 1.29 is 14.6 Å². The van der Waals surface area contributed by atoms with Gasteiger partial charge in [0, 0.05) is 19.3 Å². The maximum absolute atomic E-state index is 12.0. The minimum Gasteiger partial charge on any atom is -0.462 e. The van der Waals surface area contributed by atoms with Crippen molar-refractivity contribution in [2.75, 3.05) is 24.6 Å². The summed E-state index contributed by atoms with van der Waals surface area (Å²) < 4.78 is 5.08. The second kappa shape index (κ2) is 6.22. The van der Waals surface area contributed by atoms with Gasteiger partial charge in [0.15, 0.2) is 0 Å². The molecule has 0 saturated carbocycles. The van der Waals surface area contributed by atoms with Crippen molar-refractivity contribution >= 4 is 11.8 Å². The van der Waals surface area contributed by atoms with E-state index < -0.39 is 5.60 Å². The number of aromatic nitrogens is 1. The molecule has 0 radical (unpaired) electrons. The fraction of sp³-hybridized carbons (Fsp3) is 0.600. The molecule has 1 aromatic heterocycles. The lowest BCUT2D eigenvalue weighted by atomic mass is 9.98. The molecule has 5 heteroatoms. The largest absolute Gasteiger partial charge is 0.462 e. The first-order valence-corrected chi connectivity index (χ1v) is 7.13. The Morgan fingerprint density at radius 3 is 3.05 bits per heavy atom. The van der Waals surface area contributed by atoms with Crippen molar-refractivity contribution in [3.63, 3.8) is 0 Å². The average molecular weight is 278 g/mol. The van der Waals surface area contributed by atoms with Gasteiger partial charge in [0.25, 0.3) is 0 Å². The number of esters is 1. The van der Waals surface area contributed by atoms with Gasteiger partial charge < -0.3 is 14.7 Å². The van der Waals surface area contributed by atoms with Crippen molar-refractivity contribution in [3.8, 4) is 0 Å². The van der Waals surface area contributed by atoms with E-state index in [1.807, 2.05) is 6.92 Å². The van der Waals surface area contributed by atoms with E-state index >= 15 is 0 Å². The SMILES string of the molecule is CCOC(=O)c1cccnc1N1CCCC(C)(O)CC1. The van der Waals surface area contributed by atoms with Crippen LogP contribution in [0.4, 0.5) is 5.82 Å². The Balaban J connectivity index is 2.22. The highest BCUT2D eigenvalue weighted by molar-refractivity contribution is 5.94. The van der Waals surface area contributed by atoms with E-state index in [1.54, 1.807) is 25.3 Å². The van der Waals surface area contributed by atoms with Gasteiger partial charge in [0.05, 0.1) is 12.2 Å². The van der Waals surface area contributed by atoms with Crippen LogP contribution in [-0.4, -0.2) is 41.4 Å². The van der Waals surface area contributed by atoms with Gasteiger partial charge in [-0.3, -0.25) is 0 Å². The second-order valence-electron chi connectivity index (χ2n) is 5.43. The fourth-order valence-corrected chi connectivity index (χ4v) is 2.49. The van der Waals surface area contributed by atoms with E-state index in [9.17, 15) is 9.90 Å². The van der Waals surface area contributed by atoms with Gasteiger partial charge in [-0.15, -0.1) is 0 Å². The molecule has 1 atom stereocenters. The van der Waals surface area contributed by atoms with E-state index in [4.69, 9.17) is 4.74 Å². The zero-order valence-corrected chi connectivity index (χ0v) is 12.1. The van der Waals surface area contributed by atoms with Crippen LogP contribution in [0.2, 0.25) is 0 Å². The minimum atomic E-state index is -0.631. The lowest BCUT2D eigenvalue weighted by molar-refractivity contribution is 0.0481. The quantitative estimate of drug-likeness (QED) is 0.857. The number of nitrogens with zero attached hydrogens (tertiary/aromatic N) is 2. The predicted molar refractivity (Wildman–Crippen MR) is 76.9 cm³/mol. The molecule has 0 bridgehead atoms. The molecule has 0 spiro atoms. The van der Waals surface area contributed by atoms with Gasteiger partial charge in [0.2, 0.25) is 0 Å². The molecule has 0 aromatic carbocycles. The summed E-state index contributed by atoms with van der Waals surface area (Å²) in [6.45, 7) is 5.48. The summed E-state index contributed by atoms with van der Waals surface area (Å²) >= 11 is 0. The van der Waals surface area contributed by atoms with Gasteiger partial charge in [-0.05, 0) is 45.2 Å². The Bertz CT molecular complexity index is 474. The Kier molecular flexibility index (Phi) is 4.60. The standard InChI is InChI=1S/C15H22N2O3/c1-3-20-14(18)12-6-4-9-16-13(12)17-10-5-7-15(2,19)8-11-17/h4,6,9,19H,3,5,7-8,10-11H2,1-2H3. The highest BCUT2D eigenvalue weighted by atomic mass is 16.5. The highest BCUT2D eigenvalue weighted by Gasteiger charge is 2.27. The van der Waals surface area contributed by atoms with E-state index in [-0.39, 0.29) is 5.97 Å². The van der Waals surface area contributed by atoms with Gasteiger partial charge in [0.1, 0.15) is 11.4 Å². The molecule has 1 saturated heterocycles. The van der Waals surface area contributed by atoms with Gasteiger partial charge >= 0.3 is 5.97 Å². The van der Waals surface area contributed by atoms with Crippen LogP contribution >= 0.6 is 0 Å². The molecule has 1 unspecified atom stereocenters. The van der Waals surface area contributed by atoms with Gasteiger partial charge in [-0.1, -0.05) is 0 Å². The molecule has 1 aliphatic rings. The highest BCUT2D eigenvalue weighted by Crippen LogP contribution is 2.26. The fourth-order valence-electron chi connectivity index (χ4n) is 2.49. The second-order valence-corrected chi connectivity index (χ2v) is 5.43. The lowest BCUT2D eigenvalue weighted by Crippen LogP contribution is -2.30. The molecule has 110 valence electrons. The Labute approximate surface area is 119 Å². The van der Waals surface area contributed by atoms with Crippen LogP contribution < -0.4 is 4.90 Å². The third kappa shape index (κ3) is 3.48. The van der Waals surface area contributed by atoms with Crippen LogP contribution in [0.25, 0.3) is 0 Å². The average Bonchev–Trinajstić information content (AvgIpc) is 2.60. The summed E-state index contributed by atoms with van der Waals surface area (Å²) in [5.41, 5.74) is -0.135. The van der Waals surface area contributed by atoms with Crippen LogP contribution in [0.3, 0.4) is 0 Å². The number of hydrogen-bond donors (Lipinski definition) is 1. The number of rotatable bonds is 3. The Morgan fingerprint density at radius 1 is 1.50 bits per heavy atom. The minimum absolute atomic E-state index is 0.341. The molecule has 1 aromatic rings. The van der Waals surface area contributed by atoms with Gasteiger partial charge in [-0.25, -0.2) is 9.78 Å². The number of anilines is 1. The van der Waals surface area contributed by atoms with Crippen molar-refractivity contribution in [1.29, 1.82) is 0 Å². The Morgan fingerprint density at radius 2 is 2.30 bits per heavy atom. The van der Waals surface area contributed by atoms with Crippen LogP contribution in [-0.2, 0) is 4.74 Å². The molecule has 2 rings (SSSR count). The molecule has 0 amide bonds. The molecule has 1 N–H and O–H groups in total. The van der Waals surface area contributed by atoms with Crippen molar-refractivity contribution in [2.45, 2.75) is 38.7 Å². The molecular formula is C15H22N2O3. The number of hydrogen-bond acceptors (Lipinski definition) is 5. The zero-order chi connectivity index (χ0) is 14.6. The first-order valence-electron chi connectivity index (χ1n) is 7.13. The third-order valence-corrected chi connectivity index (χ3v) is 3.65. The van der Waals surface area contributed by atoms with Crippen molar-refractivity contribution in [2.24, 2.45) is 0 Å². The zero-order valence-electron chi connectivity index (χ0n) is 12.1. The van der Waals surface area contributed by atoms with Crippen molar-refractivity contribution in [1.82, 2.24) is 4.98 Å². The summed E-state index contributed by atoms with van der Waals surface area (Å²) in [7, 11) is 0. The number of pyridine rings is 1. The summed E-state index contributed by atoms with van der Waals surface area (Å²) in [5, 5.41) is 10.1. The monoisotopic (exact) mass is 278 g/mol. The summed E-state index contributed by atoms with van der Waals surface area (Å²) in [6, 6.07) is 3.48. The molecular weight excluding hydrogens is 256 g/mol. The van der Waals surface area contributed by atoms with Crippen LogP contribution in [0.5, 0.6) is 0 Å². The van der Waals surface area contributed by atoms with Crippen LogP contribution in [0.15, 0.2) is 18.3 Å². The van der Waals surface area contributed by atoms with E-state index in [1.165, 1.54) is 0 Å². The number of aliphatic hydroxyl groups is 1. The number of ether oxygens (including phenoxy) is 1. The normalized spacial score (nSPS) is 23.2. The van der Waals surface area contributed by atoms with Gasteiger partial charge in [-0.2, -0.15) is 0 Å². The third-order valence-electron chi connectivity index (χ3n) is 3.65. The summed E-state index contributed by atoms with van der Waals surface area (Å²) in [5.74, 6) is 0.315. The molecule has 20 heavy (non-hydrogen) atoms. The number of carbonyl (C=O) groups excluding carboxylic acids is 1. The molecule has 2 heterocycles. The maximum atomic E-state index is 12.0. The predicted octanol–water partition coefficient (Wildman–Crippen LogP) is 2.00. The lowest BCUT2D eigenvalue weighted by Gasteiger charge is -2.24. The van der Waals surface area contributed by atoms with E-state index in [2.05, 4.69) is 9.88 Å². The van der Waals surface area contributed by atoms with E-state index in [0.717, 1.165) is 19.4 Å². The number of carbonyl (C=O) groups is 1.